The average Bonchev–Trinajstić information content (AvgIpc) is 2.23. The molecule has 0 fully saturated rings. The SMILES string of the molecule is CC(NCCCC(=O)O)c1ccc(F)cc1Cl. The monoisotopic (exact) mass is 259 g/mol. The van der Waals surface area contributed by atoms with Gasteiger partial charge >= 0.3 is 5.97 Å². The van der Waals surface area contributed by atoms with Gasteiger partial charge in [-0.1, -0.05) is 17.7 Å². The summed E-state index contributed by atoms with van der Waals surface area (Å²) in [4.78, 5) is 10.3. The molecular formula is C12H15ClFNO2. The van der Waals surface area contributed by atoms with Gasteiger partial charge in [0.2, 0.25) is 0 Å². The van der Waals surface area contributed by atoms with Gasteiger partial charge in [-0.15, -0.1) is 0 Å². The fraction of sp³-hybridized carbons (Fsp3) is 0.417. The summed E-state index contributed by atoms with van der Waals surface area (Å²) in [6, 6.07) is 4.23. The summed E-state index contributed by atoms with van der Waals surface area (Å²) in [5, 5.41) is 12.0. The first kappa shape index (κ1) is 13.9. The quantitative estimate of drug-likeness (QED) is 0.772. The smallest absolute Gasteiger partial charge is 0.303 e. The number of rotatable bonds is 6. The first-order valence-electron chi connectivity index (χ1n) is 5.41. The Morgan fingerprint density at radius 2 is 2.29 bits per heavy atom. The van der Waals surface area contributed by atoms with Crippen LogP contribution in [0.2, 0.25) is 5.02 Å². The first-order chi connectivity index (χ1) is 8.00. The van der Waals surface area contributed by atoms with Crippen molar-refractivity contribution >= 4 is 17.6 Å². The predicted octanol–water partition coefficient (Wildman–Crippen LogP) is 2.99. The molecule has 0 saturated carbocycles. The maximum absolute atomic E-state index is 12.8. The van der Waals surface area contributed by atoms with Gasteiger partial charge in [-0.05, 0) is 37.6 Å². The Hall–Kier alpha value is -1.13. The van der Waals surface area contributed by atoms with Crippen LogP contribution < -0.4 is 5.32 Å². The van der Waals surface area contributed by atoms with Gasteiger partial charge in [-0.3, -0.25) is 4.79 Å². The first-order valence-corrected chi connectivity index (χ1v) is 5.78. The second-order valence-electron chi connectivity index (χ2n) is 3.84. The van der Waals surface area contributed by atoms with Crippen molar-refractivity contribution < 1.29 is 14.3 Å². The lowest BCUT2D eigenvalue weighted by atomic mass is 10.1. The van der Waals surface area contributed by atoms with Gasteiger partial charge in [0.05, 0.1) is 0 Å². The van der Waals surface area contributed by atoms with Crippen LogP contribution in [0.25, 0.3) is 0 Å². The molecule has 1 unspecified atom stereocenters. The molecule has 0 heterocycles. The second kappa shape index (κ2) is 6.57. The average molecular weight is 260 g/mol. The number of hydrogen-bond acceptors (Lipinski definition) is 2. The molecule has 0 aliphatic carbocycles. The number of nitrogens with one attached hydrogen (secondary N) is 1. The highest BCUT2D eigenvalue weighted by Crippen LogP contribution is 2.23. The number of benzene rings is 1. The van der Waals surface area contributed by atoms with Gasteiger partial charge in [-0.25, -0.2) is 4.39 Å². The summed E-state index contributed by atoms with van der Waals surface area (Å²) in [6.45, 7) is 2.49. The molecule has 0 radical (unpaired) electrons. The molecule has 0 spiro atoms. The van der Waals surface area contributed by atoms with Crippen molar-refractivity contribution in [2.45, 2.75) is 25.8 Å². The van der Waals surface area contributed by atoms with E-state index in [2.05, 4.69) is 5.32 Å². The molecule has 0 aliphatic rings. The Morgan fingerprint density at radius 3 is 2.88 bits per heavy atom. The summed E-state index contributed by atoms with van der Waals surface area (Å²) in [5.74, 6) is -1.17. The molecule has 1 aromatic carbocycles. The minimum atomic E-state index is -0.806. The third-order valence-electron chi connectivity index (χ3n) is 2.45. The van der Waals surface area contributed by atoms with E-state index in [9.17, 15) is 9.18 Å². The van der Waals surface area contributed by atoms with E-state index in [1.54, 1.807) is 6.07 Å². The van der Waals surface area contributed by atoms with Crippen molar-refractivity contribution in [3.8, 4) is 0 Å². The molecule has 0 amide bonds. The van der Waals surface area contributed by atoms with Crippen LogP contribution in [0.4, 0.5) is 4.39 Å². The minimum absolute atomic E-state index is 0.0307. The summed E-state index contributed by atoms with van der Waals surface area (Å²) < 4.78 is 12.8. The molecule has 1 rings (SSSR count). The van der Waals surface area contributed by atoms with E-state index in [0.29, 0.717) is 18.0 Å². The molecule has 0 aliphatic heterocycles. The summed E-state index contributed by atoms with van der Waals surface area (Å²) in [6.07, 6.45) is 0.690. The molecule has 0 bridgehead atoms. The van der Waals surface area contributed by atoms with Crippen molar-refractivity contribution in [3.05, 3.63) is 34.6 Å². The van der Waals surface area contributed by atoms with E-state index in [4.69, 9.17) is 16.7 Å². The standard InChI is InChI=1S/C12H15ClFNO2/c1-8(15-6-2-3-12(16)17)10-5-4-9(14)7-11(10)13/h4-5,7-8,15H,2-3,6H2,1H3,(H,16,17). The molecular weight excluding hydrogens is 245 g/mol. The highest BCUT2D eigenvalue weighted by Gasteiger charge is 2.09. The zero-order valence-corrected chi connectivity index (χ0v) is 10.3. The van der Waals surface area contributed by atoms with Crippen molar-refractivity contribution in [3.63, 3.8) is 0 Å². The van der Waals surface area contributed by atoms with Gasteiger partial charge in [0.25, 0.3) is 0 Å². The Labute approximate surface area is 105 Å². The molecule has 94 valence electrons. The zero-order valence-electron chi connectivity index (χ0n) is 9.54. The van der Waals surface area contributed by atoms with Gasteiger partial charge in [0.1, 0.15) is 5.82 Å². The summed E-state index contributed by atoms with van der Waals surface area (Å²) in [7, 11) is 0. The number of aliphatic carboxylic acids is 1. The van der Waals surface area contributed by atoms with E-state index in [0.717, 1.165) is 5.56 Å². The lowest BCUT2D eigenvalue weighted by Crippen LogP contribution is -2.20. The van der Waals surface area contributed by atoms with Crippen LogP contribution in [-0.4, -0.2) is 17.6 Å². The maximum atomic E-state index is 12.8. The van der Waals surface area contributed by atoms with E-state index in [1.807, 2.05) is 6.92 Å². The van der Waals surface area contributed by atoms with Crippen LogP contribution in [0.5, 0.6) is 0 Å². The zero-order chi connectivity index (χ0) is 12.8. The van der Waals surface area contributed by atoms with Gasteiger partial charge < -0.3 is 10.4 Å². The number of carboxylic acid groups (broad SMARTS) is 1. The fourth-order valence-corrected chi connectivity index (χ4v) is 1.85. The van der Waals surface area contributed by atoms with Crippen molar-refractivity contribution in [1.29, 1.82) is 0 Å². The van der Waals surface area contributed by atoms with Crippen LogP contribution in [-0.2, 0) is 4.79 Å². The maximum Gasteiger partial charge on any atom is 0.303 e. The van der Waals surface area contributed by atoms with E-state index in [1.165, 1.54) is 12.1 Å². The van der Waals surface area contributed by atoms with Crippen LogP contribution >= 0.6 is 11.6 Å². The Balaban J connectivity index is 2.46. The molecule has 0 saturated heterocycles. The van der Waals surface area contributed by atoms with Gasteiger partial charge in [0, 0.05) is 17.5 Å². The number of carboxylic acids is 1. The number of carbonyl (C=O) groups is 1. The third-order valence-corrected chi connectivity index (χ3v) is 2.77. The minimum Gasteiger partial charge on any atom is -0.481 e. The number of hydrogen-bond donors (Lipinski definition) is 2. The van der Waals surface area contributed by atoms with Crippen LogP contribution in [0, 0.1) is 5.82 Å². The lowest BCUT2D eigenvalue weighted by molar-refractivity contribution is -0.137. The molecule has 5 heteroatoms. The Morgan fingerprint density at radius 1 is 1.59 bits per heavy atom. The number of halogens is 2. The van der Waals surface area contributed by atoms with E-state index in [-0.39, 0.29) is 18.3 Å². The second-order valence-corrected chi connectivity index (χ2v) is 4.25. The largest absolute Gasteiger partial charge is 0.481 e. The van der Waals surface area contributed by atoms with Crippen molar-refractivity contribution in [2.24, 2.45) is 0 Å². The third kappa shape index (κ3) is 4.71. The molecule has 3 nitrogen and oxygen atoms in total. The van der Waals surface area contributed by atoms with Gasteiger partial charge in [0.15, 0.2) is 0 Å². The summed E-state index contributed by atoms with van der Waals surface area (Å²) >= 11 is 5.91. The molecule has 17 heavy (non-hydrogen) atoms. The Kier molecular flexibility index (Phi) is 5.38. The van der Waals surface area contributed by atoms with Crippen LogP contribution in [0.1, 0.15) is 31.4 Å². The normalized spacial score (nSPS) is 12.4. The molecule has 2 N–H and O–H groups in total. The Bertz CT molecular complexity index is 398. The van der Waals surface area contributed by atoms with Crippen LogP contribution in [0.3, 0.4) is 0 Å². The lowest BCUT2D eigenvalue weighted by Gasteiger charge is -2.15. The van der Waals surface area contributed by atoms with Gasteiger partial charge in [-0.2, -0.15) is 0 Å². The summed E-state index contributed by atoms with van der Waals surface area (Å²) in [5.41, 5.74) is 0.809. The fourth-order valence-electron chi connectivity index (χ4n) is 1.52. The topological polar surface area (TPSA) is 49.3 Å². The highest BCUT2D eigenvalue weighted by molar-refractivity contribution is 6.31. The highest BCUT2D eigenvalue weighted by atomic mass is 35.5. The van der Waals surface area contributed by atoms with E-state index < -0.39 is 5.97 Å². The van der Waals surface area contributed by atoms with Crippen molar-refractivity contribution in [1.82, 2.24) is 5.32 Å². The van der Waals surface area contributed by atoms with E-state index >= 15 is 0 Å². The van der Waals surface area contributed by atoms with Crippen molar-refractivity contribution in [2.75, 3.05) is 6.54 Å². The molecule has 1 atom stereocenters. The molecule has 0 aromatic heterocycles. The predicted molar refractivity (Wildman–Crippen MR) is 64.7 cm³/mol. The van der Waals surface area contributed by atoms with Crippen LogP contribution in [0.15, 0.2) is 18.2 Å². The molecule has 1 aromatic rings.